The molecule has 2 fully saturated rings. The first-order chi connectivity index (χ1) is 10.1. The maximum Gasteiger partial charge on any atom is 0.263 e. The van der Waals surface area contributed by atoms with Crippen molar-refractivity contribution < 1.29 is 14.3 Å². The molecule has 6 heteroatoms. The average molecular weight is 310 g/mol. The molecule has 1 aromatic heterocycles. The van der Waals surface area contributed by atoms with E-state index in [-0.39, 0.29) is 17.8 Å². The Balaban J connectivity index is 1.52. The van der Waals surface area contributed by atoms with E-state index in [2.05, 4.69) is 10.3 Å². The molecule has 2 aliphatic rings. The van der Waals surface area contributed by atoms with Crippen molar-refractivity contribution in [3.05, 3.63) is 15.6 Å². The van der Waals surface area contributed by atoms with Gasteiger partial charge in [-0.15, -0.1) is 11.3 Å². The summed E-state index contributed by atoms with van der Waals surface area (Å²) in [7, 11) is 0. The highest BCUT2D eigenvalue weighted by molar-refractivity contribution is 7.13. The normalized spacial score (nSPS) is 24.4. The Labute approximate surface area is 129 Å². The van der Waals surface area contributed by atoms with Crippen molar-refractivity contribution in [2.45, 2.75) is 57.8 Å². The Morgan fingerprint density at radius 2 is 2.14 bits per heavy atom. The lowest BCUT2D eigenvalue weighted by Crippen LogP contribution is -2.37. The van der Waals surface area contributed by atoms with Crippen LogP contribution in [0, 0.1) is 13.8 Å². The summed E-state index contributed by atoms with van der Waals surface area (Å²) in [4.78, 5) is 17.1. The van der Waals surface area contributed by atoms with Crippen molar-refractivity contribution in [3.8, 4) is 0 Å². The highest BCUT2D eigenvalue weighted by atomic mass is 32.1. The van der Waals surface area contributed by atoms with E-state index in [1.807, 2.05) is 13.8 Å². The second kappa shape index (κ2) is 6.02. The number of thiazole rings is 1. The van der Waals surface area contributed by atoms with E-state index in [9.17, 15) is 4.79 Å². The molecule has 0 radical (unpaired) electrons. The lowest BCUT2D eigenvalue weighted by Gasteiger charge is -2.31. The summed E-state index contributed by atoms with van der Waals surface area (Å²) in [5.74, 6) is -0.434. The molecular formula is C15H22N2O3S. The Morgan fingerprint density at radius 1 is 1.38 bits per heavy atom. The maximum absolute atomic E-state index is 12.2. The van der Waals surface area contributed by atoms with Crippen LogP contribution in [0.15, 0.2) is 0 Å². The third-order valence-electron chi connectivity index (χ3n) is 4.13. The standard InChI is InChI=1S/C15H22N2O3S/c1-10-13(21-11(2)17-10)14(18)16-8-12-9-19-15(20-12)6-4-3-5-7-15/h12H,3-9H2,1-2H3,(H,16,18)/t12-/m0/s1. The fourth-order valence-electron chi connectivity index (χ4n) is 3.10. The van der Waals surface area contributed by atoms with Crippen molar-refractivity contribution in [1.29, 1.82) is 0 Å². The van der Waals surface area contributed by atoms with Gasteiger partial charge in [-0.05, 0) is 26.7 Å². The van der Waals surface area contributed by atoms with Gasteiger partial charge in [0.2, 0.25) is 0 Å². The predicted octanol–water partition coefficient (Wildman–Crippen LogP) is 2.57. The number of nitrogens with one attached hydrogen (secondary N) is 1. The molecule has 1 aliphatic carbocycles. The van der Waals surface area contributed by atoms with Crippen LogP contribution in [0.2, 0.25) is 0 Å². The number of hydrogen-bond acceptors (Lipinski definition) is 5. The largest absolute Gasteiger partial charge is 0.349 e. The number of nitrogens with zero attached hydrogens (tertiary/aromatic N) is 1. The summed E-state index contributed by atoms with van der Waals surface area (Å²) >= 11 is 1.43. The van der Waals surface area contributed by atoms with Crippen molar-refractivity contribution in [2.24, 2.45) is 0 Å². The minimum Gasteiger partial charge on any atom is -0.349 e. The van der Waals surface area contributed by atoms with Crippen LogP contribution < -0.4 is 5.32 Å². The minimum atomic E-state index is -0.370. The molecule has 0 aromatic carbocycles. The number of aromatic nitrogens is 1. The van der Waals surface area contributed by atoms with Gasteiger partial charge in [-0.1, -0.05) is 6.42 Å². The van der Waals surface area contributed by atoms with Crippen LogP contribution >= 0.6 is 11.3 Å². The molecule has 1 atom stereocenters. The van der Waals surface area contributed by atoms with Crippen LogP contribution in [0.1, 0.15) is 52.5 Å². The molecule has 1 amide bonds. The van der Waals surface area contributed by atoms with Crippen LogP contribution in [-0.4, -0.2) is 35.9 Å². The molecule has 1 spiro atoms. The molecule has 1 aliphatic heterocycles. The molecule has 1 aromatic rings. The van der Waals surface area contributed by atoms with E-state index >= 15 is 0 Å². The summed E-state index contributed by atoms with van der Waals surface area (Å²) in [6, 6.07) is 0. The van der Waals surface area contributed by atoms with Gasteiger partial charge in [-0.3, -0.25) is 4.79 Å². The zero-order valence-corrected chi connectivity index (χ0v) is 13.4. The number of hydrogen-bond donors (Lipinski definition) is 1. The number of carbonyl (C=O) groups excluding carboxylic acids is 1. The quantitative estimate of drug-likeness (QED) is 0.932. The van der Waals surface area contributed by atoms with Crippen molar-refractivity contribution in [1.82, 2.24) is 10.3 Å². The molecule has 1 N–H and O–H groups in total. The fourth-order valence-corrected chi connectivity index (χ4v) is 3.93. The van der Waals surface area contributed by atoms with Gasteiger partial charge in [-0.25, -0.2) is 4.98 Å². The molecule has 1 saturated heterocycles. The molecule has 21 heavy (non-hydrogen) atoms. The summed E-state index contributed by atoms with van der Waals surface area (Å²) in [5.41, 5.74) is 0.794. The van der Waals surface area contributed by atoms with Gasteiger partial charge in [0.1, 0.15) is 11.0 Å². The first-order valence-electron chi connectivity index (χ1n) is 7.62. The number of amides is 1. The summed E-state index contributed by atoms with van der Waals surface area (Å²) in [6.45, 7) is 4.85. The highest BCUT2D eigenvalue weighted by Gasteiger charge is 2.42. The van der Waals surface area contributed by atoms with E-state index in [1.54, 1.807) is 0 Å². The number of ether oxygens (including phenoxy) is 2. The third kappa shape index (κ3) is 3.27. The van der Waals surface area contributed by atoms with Crippen LogP contribution in [0.25, 0.3) is 0 Å². The molecule has 116 valence electrons. The van der Waals surface area contributed by atoms with E-state index in [0.717, 1.165) is 23.5 Å². The smallest absolute Gasteiger partial charge is 0.263 e. The number of rotatable bonds is 3. The van der Waals surface area contributed by atoms with E-state index < -0.39 is 0 Å². The first kappa shape index (κ1) is 14.9. The molecule has 5 nitrogen and oxygen atoms in total. The zero-order valence-electron chi connectivity index (χ0n) is 12.6. The zero-order chi connectivity index (χ0) is 14.9. The topological polar surface area (TPSA) is 60.5 Å². The van der Waals surface area contributed by atoms with E-state index in [4.69, 9.17) is 9.47 Å². The van der Waals surface area contributed by atoms with Crippen LogP contribution in [0.5, 0.6) is 0 Å². The van der Waals surface area contributed by atoms with Crippen molar-refractivity contribution in [3.63, 3.8) is 0 Å². The van der Waals surface area contributed by atoms with Crippen molar-refractivity contribution >= 4 is 17.2 Å². The molecule has 2 heterocycles. The Bertz CT molecular complexity index is 523. The number of carbonyl (C=O) groups is 1. The Kier molecular flexibility index (Phi) is 4.28. The van der Waals surface area contributed by atoms with Gasteiger partial charge in [0.05, 0.1) is 17.3 Å². The van der Waals surface area contributed by atoms with Gasteiger partial charge in [0, 0.05) is 19.4 Å². The highest BCUT2D eigenvalue weighted by Crippen LogP contribution is 2.37. The monoisotopic (exact) mass is 310 g/mol. The van der Waals surface area contributed by atoms with Crippen molar-refractivity contribution in [2.75, 3.05) is 13.2 Å². The summed E-state index contributed by atoms with van der Waals surface area (Å²) in [5, 5.41) is 3.86. The van der Waals surface area contributed by atoms with Gasteiger partial charge in [0.25, 0.3) is 5.91 Å². The molecule has 3 rings (SSSR count). The summed E-state index contributed by atoms with van der Waals surface area (Å²) < 4.78 is 11.9. The average Bonchev–Trinajstić information content (AvgIpc) is 3.01. The van der Waals surface area contributed by atoms with Crippen LogP contribution in [0.4, 0.5) is 0 Å². The molecule has 1 saturated carbocycles. The van der Waals surface area contributed by atoms with Crippen LogP contribution in [-0.2, 0) is 9.47 Å². The van der Waals surface area contributed by atoms with Gasteiger partial charge in [0.15, 0.2) is 5.79 Å². The maximum atomic E-state index is 12.2. The molecule has 0 bridgehead atoms. The lowest BCUT2D eigenvalue weighted by atomic mass is 9.94. The lowest BCUT2D eigenvalue weighted by molar-refractivity contribution is -0.186. The van der Waals surface area contributed by atoms with E-state index in [0.29, 0.717) is 18.0 Å². The van der Waals surface area contributed by atoms with Gasteiger partial charge in [-0.2, -0.15) is 0 Å². The first-order valence-corrected chi connectivity index (χ1v) is 8.44. The second-order valence-corrected chi connectivity index (χ2v) is 7.08. The number of aryl methyl sites for hydroxylation is 2. The van der Waals surface area contributed by atoms with Gasteiger partial charge < -0.3 is 14.8 Å². The SMILES string of the molecule is Cc1nc(C)c(C(=O)NC[C@H]2COC3(CCCCC3)O2)s1. The molecule has 0 unspecified atom stereocenters. The van der Waals surface area contributed by atoms with E-state index in [1.165, 1.54) is 30.6 Å². The third-order valence-corrected chi connectivity index (χ3v) is 5.20. The molecular weight excluding hydrogens is 288 g/mol. The second-order valence-electron chi connectivity index (χ2n) is 5.88. The Hall–Kier alpha value is -0.980. The Morgan fingerprint density at radius 3 is 2.81 bits per heavy atom. The summed E-state index contributed by atoms with van der Waals surface area (Å²) in [6.07, 6.45) is 5.51. The van der Waals surface area contributed by atoms with Gasteiger partial charge >= 0.3 is 0 Å². The minimum absolute atomic E-state index is 0.0404. The predicted molar refractivity (Wildman–Crippen MR) is 80.6 cm³/mol. The fraction of sp³-hybridized carbons (Fsp3) is 0.733. The van der Waals surface area contributed by atoms with Crippen LogP contribution in [0.3, 0.4) is 0 Å².